The van der Waals surface area contributed by atoms with E-state index in [1.807, 2.05) is 73.4 Å². The van der Waals surface area contributed by atoms with E-state index in [1.54, 1.807) is 18.2 Å². The van der Waals surface area contributed by atoms with Gasteiger partial charge in [0.1, 0.15) is 17.5 Å². The maximum absolute atomic E-state index is 14.7. The number of hydrogen-bond donors (Lipinski definition) is 0. The van der Waals surface area contributed by atoms with Crippen LogP contribution in [0.15, 0.2) is 127 Å². The van der Waals surface area contributed by atoms with E-state index in [-0.39, 0.29) is 29.5 Å². The van der Waals surface area contributed by atoms with Crippen LogP contribution in [0.3, 0.4) is 0 Å². The minimum absolute atomic E-state index is 0.0630. The number of rotatable bonds is 8. The van der Waals surface area contributed by atoms with E-state index in [2.05, 4.69) is 30.9 Å². The highest BCUT2D eigenvalue weighted by Gasteiger charge is 2.60. The number of methoxy groups -OCH3 is 2. The van der Waals surface area contributed by atoms with E-state index in [0.29, 0.717) is 40.5 Å². The molecule has 4 aliphatic heterocycles. The van der Waals surface area contributed by atoms with E-state index < -0.39 is 43.8 Å². The van der Waals surface area contributed by atoms with Crippen LogP contribution in [0.1, 0.15) is 61.1 Å². The first-order valence-electron chi connectivity index (χ1n) is 21.4. The Balaban J connectivity index is 0.000000168. The second-order valence-electron chi connectivity index (χ2n) is 17.7. The zero-order chi connectivity index (χ0) is 47.6. The fraction of sp³-hybridized carbons (Fsp3) is 0.231. The molecule has 0 fully saturated rings. The monoisotopic (exact) mass is 910 g/mol. The lowest BCUT2D eigenvalue weighted by atomic mass is 9.76. The van der Waals surface area contributed by atoms with Crippen LogP contribution >= 0.6 is 0 Å². The largest absolute Gasteiger partial charge is 0.493 e. The molecule has 0 amide bonds. The number of nitrogens with zero attached hydrogens (tertiary/aromatic N) is 4. The summed E-state index contributed by atoms with van der Waals surface area (Å²) in [6, 6.07) is 31.5. The molecule has 0 radical (unpaired) electrons. The highest BCUT2D eigenvalue weighted by atomic mass is 19.1. The number of ether oxygens (including phenoxy) is 4. The molecule has 4 aliphatic rings. The lowest BCUT2D eigenvalue weighted by molar-refractivity contribution is -0.385. The van der Waals surface area contributed by atoms with Crippen LogP contribution in [-0.2, 0) is 23.9 Å². The van der Waals surface area contributed by atoms with E-state index in [9.17, 15) is 33.4 Å². The quantitative estimate of drug-likeness (QED) is 0.107. The molecule has 342 valence electrons. The first-order chi connectivity index (χ1) is 31.9. The molecule has 12 nitrogen and oxygen atoms in total. The van der Waals surface area contributed by atoms with Gasteiger partial charge in [-0.25, -0.2) is 13.2 Å². The van der Waals surface area contributed by atoms with E-state index in [1.165, 1.54) is 62.8 Å². The number of nitro groups is 2. The summed E-state index contributed by atoms with van der Waals surface area (Å²) in [5, 5.41) is 22.8. The molecule has 0 aliphatic carbocycles. The van der Waals surface area contributed by atoms with Crippen LogP contribution in [-0.4, -0.2) is 35.5 Å². The number of fused-ring (bicyclic) bond motifs is 4. The number of anilines is 2. The van der Waals surface area contributed by atoms with Crippen LogP contribution in [0.4, 0.5) is 35.9 Å². The van der Waals surface area contributed by atoms with Gasteiger partial charge in [-0.3, -0.25) is 20.2 Å². The summed E-state index contributed by atoms with van der Waals surface area (Å²) in [6.07, 6.45) is 7.44. The average Bonchev–Trinajstić information content (AvgIpc) is 3.60. The summed E-state index contributed by atoms with van der Waals surface area (Å²) in [5.41, 5.74) is 3.01. The molecule has 15 heteroatoms. The third-order valence-corrected chi connectivity index (χ3v) is 13.4. The maximum atomic E-state index is 14.7. The summed E-state index contributed by atoms with van der Waals surface area (Å²) in [4.78, 5) is 25.9. The maximum Gasteiger partial charge on any atom is 0.274 e. The topological polar surface area (TPSA) is 130 Å². The molecule has 10 rings (SSSR count). The molecule has 0 saturated carbocycles. The van der Waals surface area contributed by atoms with Crippen molar-refractivity contribution in [1.82, 2.24) is 0 Å². The predicted octanol–water partition coefficient (Wildman–Crippen LogP) is 11.8. The zero-order valence-electron chi connectivity index (χ0n) is 37.4. The first kappa shape index (κ1) is 44.4. The highest BCUT2D eigenvalue weighted by Crippen LogP contribution is 2.58. The molecule has 2 unspecified atom stereocenters. The van der Waals surface area contributed by atoms with Gasteiger partial charge in [-0.15, -0.1) is 0 Å². The molecular weight excluding hydrogens is 866 g/mol. The molecule has 6 aromatic carbocycles. The molecule has 67 heavy (non-hydrogen) atoms. The minimum atomic E-state index is -1.10. The van der Waals surface area contributed by atoms with Crippen molar-refractivity contribution < 1.29 is 42.0 Å². The smallest absolute Gasteiger partial charge is 0.274 e. The standard InChI is InChI=1S/C26H22F2N2O4.C26H23FN2O4/c1-25(2)20-6-4-5-7-22(20)29(15-17-8-9-18(27)13-21(17)28)26(25)11-10-16-12-19(30(31)32)14-23(33-3)24(16)34-26;1-25(2)21-6-4-5-7-22(21)28(16-17-8-10-19(27)11-9-17)26(25)13-12-18-14-20(29(30)31)15-23(32-3)24(18)33-26/h4-14H,15H2,1-3H3;4-15H,16H2,1-3H3. The summed E-state index contributed by atoms with van der Waals surface area (Å²) < 4.78 is 66.2. The molecule has 6 aromatic rings. The second-order valence-corrected chi connectivity index (χ2v) is 17.7. The Hall–Kier alpha value is -7.81. The molecule has 4 heterocycles. The molecule has 0 saturated heterocycles. The number of benzene rings is 6. The van der Waals surface area contributed by atoms with Gasteiger partial charge in [-0.2, -0.15) is 0 Å². The highest BCUT2D eigenvalue weighted by molar-refractivity contribution is 5.77. The number of hydrogen-bond acceptors (Lipinski definition) is 10. The van der Waals surface area contributed by atoms with Crippen LogP contribution in [0.25, 0.3) is 12.2 Å². The van der Waals surface area contributed by atoms with Crippen molar-refractivity contribution in [1.29, 1.82) is 0 Å². The average molecular weight is 911 g/mol. The molecule has 0 bridgehead atoms. The SMILES string of the molecule is COc1cc([N+](=O)[O-])cc2c1OC1(C=C2)N(Cc2ccc(F)cc2)c2ccccc2C1(C)C.COc1cc([N+](=O)[O-])cc2c1OC1(C=C2)N(Cc2ccc(F)cc2F)c2ccccc2C1(C)C. The Bertz CT molecular complexity index is 3050. The van der Waals surface area contributed by atoms with Gasteiger partial charge >= 0.3 is 0 Å². The second kappa shape index (κ2) is 16.3. The fourth-order valence-corrected chi connectivity index (χ4v) is 9.84. The van der Waals surface area contributed by atoms with Crippen molar-refractivity contribution in [2.45, 2.75) is 63.1 Å². The Morgan fingerprint density at radius 3 is 1.48 bits per heavy atom. The first-order valence-corrected chi connectivity index (χ1v) is 21.4. The molecule has 2 spiro atoms. The van der Waals surface area contributed by atoms with Crippen LogP contribution < -0.4 is 28.7 Å². The predicted molar refractivity (Wildman–Crippen MR) is 248 cm³/mol. The molecule has 0 N–H and O–H groups in total. The van der Waals surface area contributed by atoms with Gasteiger partial charge < -0.3 is 28.7 Å². The van der Waals surface area contributed by atoms with Crippen molar-refractivity contribution in [2.75, 3.05) is 24.0 Å². The normalized spacial score (nSPS) is 19.6. The van der Waals surface area contributed by atoms with Crippen molar-refractivity contribution >= 4 is 34.9 Å². The number of para-hydroxylation sites is 2. The Morgan fingerprint density at radius 1 is 0.582 bits per heavy atom. The van der Waals surface area contributed by atoms with Gasteiger partial charge in [0.25, 0.3) is 11.4 Å². The zero-order valence-corrected chi connectivity index (χ0v) is 37.4. The third kappa shape index (κ3) is 7.07. The van der Waals surface area contributed by atoms with Gasteiger partial charge in [0.15, 0.2) is 23.0 Å². The number of non-ortho nitro benzene ring substituents is 2. The fourth-order valence-electron chi connectivity index (χ4n) is 9.84. The molecule has 2 atom stereocenters. The third-order valence-electron chi connectivity index (χ3n) is 13.4. The van der Waals surface area contributed by atoms with Gasteiger partial charge in [0.2, 0.25) is 11.4 Å². The van der Waals surface area contributed by atoms with Crippen molar-refractivity contribution in [3.8, 4) is 23.0 Å². The lowest BCUT2D eigenvalue weighted by Gasteiger charge is -2.47. The molecule has 0 aromatic heterocycles. The van der Waals surface area contributed by atoms with Crippen molar-refractivity contribution in [2.24, 2.45) is 0 Å². The summed E-state index contributed by atoms with van der Waals surface area (Å²) in [7, 11) is 2.90. The van der Waals surface area contributed by atoms with E-state index in [0.717, 1.165) is 34.1 Å². The minimum Gasteiger partial charge on any atom is -0.493 e. The van der Waals surface area contributed by atoms with Crippen molar-refractivity contribution in [3.05, 3.63) is 198 Å². The van der Waals surface area contributed by atoms with Gasteiger partial charge in [-0.05, 0) is 99.0 Å². The van der Waals surface area contributed by atoms with Crippen LogP contribution in [0.5, 0.6) is 23.0 Å². The van der Waals surface area contributed by atoms with Crippen LogP contribution in [0, 0.1) is 37.7 Å². The van der Waals surface area contributed by atoms with Gasteiger partial charge in [0.05, 0.1) is 47.0 Å². The Labute approximate surface area is 384 Å². The molecular formula is C52H45F3N4O8. The Kier molecular flexibility index (Phi) is 10.8. The summed E-state index contributed by atoms with van der Waals surface area (Å²) in [5.74, 6) is -0.233. The van der Waals surface area contributed by atoms with Crippen LogP contribution in [0.2, 0.25) is 0 Å². The summed E-state index contributed by atoms with van der Waals surface area (Å²) in [6.45, 7) is 8.88. The number of halogens is 3. The van der Waals surface area contributed by atoms with Gasteiger partial charge in [0, 0.05) is 59.4 Å². The lowest BCUT2D eigenvalue weighted by Crippen LogP contribution is -2.59. The van der Waals surface area contributed by atoms with E-state index >= 15 is 0 Å². The summed E-state index contributed by atoms with van der Waals surface area (Å²) >= 11 is 0. The van der Waals surface area contributed by atoms with Crippen molar-refractivity contribution in [3.63, 3.8) is 0 Å². The van der Waals surface area contributed by atoms with Gasteiger partial charge in [-0.1, -0.05) is 54.6 Å². The van der Waals surface area contributed by atoms with E-state index in [4.69, 9.17) is 18.9 Å². The Morgan fingerprint density at radius 2 is 1.03 bits per heavy atom. The number of nitro benzene ring substituents is 2.